The molecule has 0 aliphatic rings. The smallest absolute Gasteiger partial charge is 0.333 e. The summed E-state index contributed by atoms with van der Waals surface area (Å²) in [4.78, 5) is 10.6. The third-order valence-electron chi connectivity index (χ3n) is 2.43. The van der Waals surface area contributed by atoms with E-state index in [4.69, 9.17) is 9.47 Å². The number of nitro groups is 1. The normalized spacial score (nSPS) is 11.9. The molecule has 0 saturated carbocycles. The van der Waals surface area contributed by atoms with E-state index in [0.717, 1.165) is 0 Å². The van der Waals surface area contributed by atoms with Gasteiger partial charge < -0.3 is 14.8 Å². The molecule has 0 spiro atoms. The van der Waals surface area contributed by atoms with E-state index in [1.165, 1.54) is 7.11 Å². The molecule has 100 valence electrons. The van der Waals surface area contributed by atoms with Crippen molar-refractivity contribution in [2.24, 2.45) is 0 Å². The van der Waals surface area contributed by atoms with Gasteiger partial charge in [-0.2, -0.15) is 0 Å². The second-order valence-electron chi connectivity index (χ2n) is 3.76. The number of rotatable bonds is 7. The molecule has 18 heavy (non-hydrogen) atoms. The highest BCUT2D eigenvalue weighted by atomic mass is 16.6. The lowest BCUT2D eigenvalue weighted by molar-refractivity contribution is -0.384. The zero-order valence-electron chi connectivity index (χ0n) is 10.8. The van der Waals surface area contributed by atoms with E-state index < -0.39 is 4.92 Å². The summed E-state index contributed by atoms with van der Waals surface area (Å²) in [6, 6.07) is 4.92. The number of hydrogen-bond donors (Lipinski definition) is 1. The third-order valence-corrected chi connectivity index (χ3v) is 2.43. The van der Waals surface area contributed by atoms with Crippen molar-refractivity contribution >= 4 is 11.4 Å². The van der Waals surface area contributed by atoms with Gasteiger partial charge in [0, 0.05) is 13.2 Å². The molecule has 1 rings (SSSR count). The number of nitro benzene ring substituents is 1. The summed E-state index contributed by atoms with van der Waals surface area (Å²) in [6.45, 7) is 4.93. The van der Waals surface area contributed by atoms with Crippen molar-refractivity contribution in [2.75, 3.05) is 25.6 Å². The summed E-state index contributed by atoms with van der Waals surface area (Å²) in [7, 11) is 1.41. The zero-order chi connectivity index (χ0) is 13.5. The first-order valence-corrected chi connectivity index (χ1v) is 5.77. The van der Waals surface area contributed by atoms with E-state index in [-0.39, 0.29) is 17.5 Å². The van der Waals surface area contributed by atoms with Crippen LogP contribution in [0.15, 0.2) is 18.2 Å². The van der Waals surface area contributed by atoms with E-state index in [0.29, 0.717) is 18.8 Å². The van der Waals surface area contributed by atoms with Crippen LogP contribution in [0, 0.1) is 10.1 Å². The van der Waals surface area contributed by atoms with Gasteiger partial charge in [-0.05, 0) is 26.0 Å². The van der Waals surface area contributed by atoms with Crippen LogP contribution in [-0.2, 0) is 4.74 Å². The van der Waals surface area contributed by atoms with Crippen molar-refractivity contribution < 1.29 is 14.4 Å². The first kappa shape index (κ1) is 14.2. The van der Waals surface area contributed by atoms with Crippen LogP contribution in [0.4, 0.5) is 11.4 Å². The van der Waals surface area contributed by atoms with Crippen LogP contribution in [0.3, 0.4) is 0 Å². The molecule has 1 N–H and O–H groups in total. The molecular weight excluding hydrogens is 236 g/mol. The molecule has 0 aromatic heterocycles. The Kier molecular flexibility index (Phi) is 5.38. The maximum atomic E-state index is 11.0. The van der Waals surface area contributed by atoms with Crippen LogP contribution in [0.2, 0.25) is 0 Å². The summed E-state index contributed by atoms with van der Waals surface area (Å²) in [5.41, 5.74) is 0.384. The highest BCUT2D eigenvalue weighted by Gasteiger charge is 2.20. The number of hydrogen-bond acceptors (Lipinski definition) is 5. The van der Waals surface area contributed by atoms with Crippen molar-refractivity contribution in [3.05, 3.63) is 28.3 Å². The van der Waals surface area contributed by atoms with Gasteiger partial charge >= 0.3 is 5.69 Å². The predicted molar refractivity (Wildman–Crippen MR) is 69.2 cm³/mol. The maximum absolute atomic E-state index is 11.0. The number of anilines is 1. The molecule has 0 aliphatic heterocycles. The largest absolute Gasteiger partial charge is 0.490 e. The molecule has 6 heteroatoms. The molecule has 0 bridgehead atoms. The monoisotopic (exact) mass is 254 g/mol. The molecule has 0 radical (unpaired) electrons. The average Bonchev–Trinajstić information content (AvgIpc) is 2.35. The fourth-order valence-corrected chi connectivity index (χ4v) is 1.62. The minimum atomic E-state index is -0.452. The number of nitrogens with zero attached hydrogens (tertiary/aromatic N) is 1. The predicted octanol–water partition coefficient (Wildman–Crippen LogP) is 2.44. The standard InChI is InChI=1S/C12H18N2O4/c1-4-18-9(2)8-13-10-6-5-7-11(17-3)12(10)14(15)16/h5-7,9,13H,4,8H2,1-3H3. The van der Waals surface area contributed by atoms with Crippen LogP contribution in [0.1, 0.15) is 13.8 Å². The minimum Gasteiger partial charge on any atom is -0.490 e. The van der Waals surface area contributed by atoms with Gasteiger partial charge in [-0.25, -0.2) is 0 Å². The Morgan fingerprint density at radius 3 is 2.78 bits per heavy atom. The summed E-state index contributed by atoms with van der Waals surface area (Å²) >= 11 is 0. The van der Waals surface area contributed by atoms with Gasteiger partial charge in [-0.3, -0.25) is 10.1 Å². The lowest BCUT2D eigenvalue weighted by Gasteiger charge is -2.14. The number of para-hydroxylation sites is 1. The fourth-order valence-electron chi connectivity index (χ4n) is 1.62. The first-order valence-electron chi connectivity index (χ1n) is 5.77. The number of ether oxygens (including phenoxy) is 2. The Morgan fingerprint density at radius 1 is 1.50 bits per heavy atom. The first-order chi connectivity index (χ1) is 8.60. The lowest BCUT2D eigenvalue weighted by Crippen LogP contribution is -2.20. The van der Waals surface area contributed by atoms with Crippen LogP contribution in [0.5, 0.6) is 5.75 Å². The van der Waals surface area contributed by atoms with Gasteiger partial charge in [-0.1, -0.05) is 6.07 Å². The number of methoxy groups -OCH3 is 1. The zero-order valence-corrected chi connectivity index (χ0v) is 10.8. The van der Waals surface area contributed by atoms with Crippen LogP contribution >= 0.6 is 0 Å². The molecule has 1 aromatic rings. The van der Waals surface area contributed by atoms with Gasteiger partial charge in [0.2, 0.25) is 0 Å². The van der Waals surface area contributed by atoms with Crippen molar-refractivity contribution in [3.8, 4) is 5.75 Å². The fraction of sp³-hybridized carbons (Fsp3) is 0.500. The van der Waals surface area contributed by atoms with E-state index in [1.54, 1.807) is 18.2 Å². The highest BCUT2D eigenvalue weighted by Crippen LogP contribution is 2.34. The summed E-state index contributed by atoms with van der Waals surface area (Å²) < 4.78 is 10.3. The van der Waals surface area contributed by atoms with E-state index in [2.05, 4.69) is 5.32 Å². The van der Waals surface area contributed by atoms with E-state index in [1.807, 2.05) is 13.8 Å². The van der Waals surface area contributed by atoms with Gasteiger partial charge in [0.05, 0.1) is 18.1 Å². The van der Waals surface area contributed by atoms with Crippen molar-refractivity contribution in [1.82, 2.24) is 0 Å². The molecule has 0 heterocycles. The van der Waals surface area contributed by atoms with Crippen LogP contribution in [-0.4, -0.2) is 31.3 Å². The molecule has 1 aromatic carbocycles. The molecule has 0 aliphatic carbocycles. The molecule has 0 amide bonds. The van der Waals surface area contributed by atoms with Crippen LogP contribution < -0.4 is 10.1 Å². The van der Waals surface area contributed by atoms with E-state index in [9.17, 15) is 10.1 Å². The summed E-state index contributed by atoms with van der Waals surface area (Å²) in [5, 5.41) is 14.0. The topological polar surface area (TPSA) is 73.6 Å². The van der Waals surface area contributed by atoms with Crippen molar-refractivity contribution in [3.63, 3.8) is 0 Å². The quantitative estimate of drug-likeness (QED) is 0.597. The summed E-state index contributed by atoms with van der Waals surface area (Å²) in [5.74, 6) is 0.245. The highest BCUT2D eigenvalue weighted by molar-refractivity contribution is 5.68. The molecule has 0 saturated heterocycles. The molecule has 0 fully saturated rings. The third kappa shape index (κ3) is 3.59. The van der Waals surface area contributed by atoms with Gasteiger partial charge in [0.25, 0.3) is 0 Å². The molecule has 6 nitrogen and oxygen atoms in total. The Balaban J connectivity index is 2.85. The van der Waals surface area contributed by atoms with Crippen LogP contribution in [0.25, 0.3) is 0 Å². The second-order valence-corrected chi connectivity index (χ2v) is 3.76. The van der Waals surface area contributed by atoms with Gasteiger partial charge in [-0.15, -0.1) is 0 Å². The van der Waals surface area contributed by atoms with Gasteiger partial charge in [0.1, 0.15) is 5.69 Å². The number of benzene rings is 1. The molecule has 1 unspecified atom stereocenters. The number of nitrogens with one attached hydrogen (secondary N) is 1. The van der Waals surface area contributed by atoms with Gasteiger partial charge in [0.15, 0.2) is 5.75 Å². The Labute approximate surface area is 106 Å². The molecule has 1 atom stereocenters. The van der Waals surface area contributed by atoms with Crippen molar-refractivity contribution in [1.29, 1.82) is 0 Å². The maximum Gasteiger partial charge on any atom is 0.333 e. The Bertz CT molecular complexity index is 409. The lowest BCUT2D eigenvalue weighted by atomic mass is 10.2. The molecular formula is C12H18N2O4. The minimum absolute atomic E-state index is 0.0131. The van der Waals surface area contributed by atoms with Crippen molar-refractivity contribution in [2.45, 2.75) is 20.0 Å². The Morgan fingerprint density at radius 2 is 2.22 bits per heavy atom. The van der Waals surface area contributed by atoms with E-state index >= 15 is 0 Å². The summed E-state index contributed by atoms with van der Waals surface area (Å²) in [6.07, 6.45) is -0.0131. The Hall–Kier alpha value is -1.82. The second kappa shape index (κ2) is 6.80. The average molecular weight is 254 g/mol. The SMILES string of the molecule is CCOC(C)CNc1cccc(OC)c1[N+](=O)[O-].